The van der Waals surface area contributed by atoms with Gasteiger partial charge in [0.05, 0.1) is 10.6 Å². The van der Waals surface area contributed by atoms with Crippen LogP contribution in [0.4, 0.5) is 5.69 Å². The van der Waals surface area contributed by atoms with E-state index in [2.05, 4.69) is 10.6 Å². The van der Waals surface area contributed by atoms with Crippen LogP contribution in [0.5, 0.6) is 0 Å². The summed E-state index contributed by atoms with van der Waals surface area (Å²) in [5.74, 6) is 2.45. The maximum Gasteiger partial charge on any atom is 0.261 e. The molecule has 0 saturated carbocycles. The summed E-state index contributed by atoms with van der Waals surface area (Å²) in [7, 11) is -3.66. The van der Waals surface area contributed by atoms with Crippen molar-refractivity contribution in [1.82, 2.24) is 0 Å². The van der Waals surface area contributed by atoms with E-state index in [-0.39, 0.29) is 4.90 Å². The normalized spacial score (nSPS) is 10.7. The van der Waals surface area contributed by atoms with E-state index >= 15 is 0 Å². The number of halogens is 1. The second-order valence-electron chi connectivity index (χ2n) is 3.79. The molecule has 96 valence electrons. The maximum absolute atomic E-state index is 12.1. The Morgan fingerprint density at radius 1 is 1.11 bits per heavy atom. The first kappa shape index (κ1) is 13.5. The summed E-state index contributed by atoms with van der Waals surface area (Å²) in [6, 6.07) is 12.7. The zero-order valence-electron chi connectivity index (χ0n) is 9.80. The van der Waals surface area contributed by atoms with Crippen LogP contribution in [-0.2, 0) is 10.0 Å². The monoisotopic (exact) mass is 291 g/mol. The number of benzene rings is 2. The van der Waals surface area contributed by atoms with Crippen LogP contribution in [0.1, 0.15) is 5.56 Å². The predicted octanol–water partition coefficient (Wildman–Crippen LogP) is 3.12. The molecule has 0 radical (unpaired) electrons. The molecule has 0 bridgehead atoms. The predicted molar refractivity (Wildman–Crippen MR) is 76.6 cm³/mol. The first-order chi connectivity index (χ1) is 9.01. The average molecular weight is 292 g/mol. The standard InChI is InChI=1S/C14H10ClNO2S/c1-2-11-5-3-7-13(9-11)16-19(17,18)14-8-4-6-12(15)10-14/h1,3-10,16H. The second-order valence-corrected chi connectivity index (χ2v) is 5.91. The number of nitrogens with one attached hydrogen (secondary N) is 1. The Hall–Kier alpha value is -1.96. The van der Waals surface area contributed by atoms with Gasteiger partial charge in [-0.25, -0.2) is 8.42 Å². The van der Waals surface area contributed by atoms with Crippen molar-refractivity contribution in [3.8, 4) is 12.3 Å². The van der Waals surface area contributed by atoms with Crippen LogP contribution in [0.3, 0.4) is 0 Å². The topological polar surface area (TPSA) is 46.2 Å². The van der Waals surface area contributed by atoms with E-state index in [1.807, 2.05) is 0 Å². The highest BCUT2D eigenvalue weighted by molar-refractivity contribution is 7.92. The Labute approximate surface area is 117 Å². The van der Waals surface area contributed by atoms with Gasteiger partial charge in [0.25, 0.3) is 10.0 Å². The van der Waals surface area contributed by atoms with Crippen molar-refractivity contribution in [2.24, 2.45) is 0 Å². The van der Waals surface area contributed by atoms with Gasteiger partial charge >= 0.3 is 0 Å². The summed E-state index contributed by atoms with van der Waals surface area (Å²) < 4.78 is 26.7. The first-order valence-corrected chi connectivity index (χ1v) is 7.22. The largest absolute Gasteiger partial charge is 0.280 e. The molecule has 2 aromatic carbocycles. The fourth-order valence-corrected chi connectivity index (χ4v) is 2.87. The summed E-state index contributed by atoms with van der Waals surface area (Å²) in [5.41, 5.74) is 1.02. The van der Waals surface area contributed by atoms with Gasteiger partial charge in [-0.2, -0.15) is 0 Å². The van der Waals surface area contributed by atoms with Crippen LogP contribution in [0, 0.1) is 12.3 Å². The first-order valence-electron chi connectivity index (χ1n) is 5.36. The Bertz CT molecular complexity index is 748. The van der Waals surface area contributed by atoms with Crippen LogP contribution in [-0.4, -0.2) is 8.42 Å². The molecule has 0 amide bonds. The Morgan fingerprint density at radius 3 is 2.53 bits per heavy atom. The number of terminal acetylenes is 1. The lowest BCUT2D eigenvalue weighted by Crippen LogP contribution is -2.12. The van der Waals surface area contributed by atoms with E-state index in [9.17, 15) is 8.42 Å². The van der Waals surface area contributed by atoms with Crippen LogP contribution in [0.2, 0.25) is 5.02 Å². The van der Waals surface area contributed by atoms with Gasteiger partial charge in [-0.3, -0.25) is 4.72 Å². The van der Waals surface area contributed by atoms with E-state index < -0.39 is 10.0 Å². The Balaban J connectivity index is 2.34. The molecule has 19 heavy (non-hydrogen) atoms. The summed E-state index contributed by atoms with van der Waals surface area (Å²) >= 11 is 5.78. The van der Waals surface area contributed by atoms with Crippen molar-refractivity contribution in [3.63, 3.8) is 0 Å². The molecule has 0 atom stereocenters. The molecule has 1 N–H and O–H groups in total. The molecule has 0 heterocycles. The minimum Gasteiger partial charge on any atom is -0.280 e. The summed E-state index contributed by atoms with van der Waals surface area (Å²) in [6.45, 7) is 0. The van der Waals surface area contributed by atoms with Gasteiger partial charge < -0.3 is 0 Å². The van der Waals surface area contributed by atoms with E-state index in [4.69, 9.17) is 18.0 Å². The minimum absolute atomic E-state index is 0.103. The van der Waals surface area contributed by atoms with Gasteiger partial charge in [-0.1, -0.05) is 29.7 Å². The maximum atomic E-state index is 12.1. The fraction of sp³-hybridized carbons (Fsp3) is 0. The van der Waals surface area contributed by atoms with Gasteiger partial charge in [-0.15, -0.1) is 6.42 Å². The molecule has 3 nitrogen and oxygen atoms in total. The highest BCUT2D eigenvalue weighted by Crippen LogP contribution is 2.19. The van der Waals surface area contributed by atoms with Crippen LogP contribution < -0.4 is 4.72 Å². The lowest BCUT2D eigenvalue weighted by Gasteiger charge is -2.08. The van der Waals surface area contributed by atoms with E-state index in [1.54, 1.807) is 36.4 Å². The third kappa shape index (κ3) is 3.28. The summed E-state index contributed by atoms with van der Waals surface area (Å²) in [4.78, 5) is 0.103. The van der Waals surface area contributed by atoms with Gasteiger partial charge in [-0.05, 0) is 36.4 Å². The van der Waals surface area contributed by atoms with Crippen molar-refractivity contribution in [3.05, 3.63) is 59.1 Å². The number of rotatable bonds is 3. The SMILES string of the molecule is C#Cc1cccc(NS(=O)(=O)c2cccc(Cl)c2)c1. The molecule has 0 aliphatic rings. The Kier molecular flexibility index (Phi) is 3.79. The number of hydrogen-bond acceptors (Lipinski definition) is 2. The molecule has 0 aliphatic carbocycles. The molecule has 5 heteroatoms. The third-order valence-corrected chi connectivity index (χ3v) is 4.00. The van der Waals surface area contributed by atoms with Crippen molar-refractivity contribution in [2.45, 2.75) is 4.90 Å². The molecule has 0 aromatic heterocycles. The average Bonchev–Trinajstić information content (AvgIpc) is 2.38. The Morgan fingerprint density at radius 2 is 1.84 bits per heavy atom. The van der Waals surface area contributed by atoms with Crippen LogP contribution in [0.15, 0.2) is 53.4 Å². The highest BCUT2D eigenvalue weighted by Gasteiger charge is 2.14. The minimum atomic E-state index is -3.66. The van der Waals surface area contributed by atoms with Gasteiger partial charge in [0.15, 0.2) is 0 Å². The molecule has 2 rings (SSSR count). The molecular weight excluding hydrogens is 282 g/mol. The molecule has 0 aliphatic heterocycles. The molecule has 2 aromatic rings. The van der Waals surface area contributed by atoms with Gasteiger partial charge in [0.2, 0.25) is 0 Å². The molecule has 0 unspecified atom stereocenters. The summed E-state index contributed by atoms with van der Waals surface area (Å²) in [5, 5.41) is 0.361. The van der Waals surface area contributed by atoms with Crippen molar-refractivity contribution < 1.29 is 8.42 Å². The van der Waals surface area contributed by atoms with E-state index in [0.29, 0.717) is 16.3 Å². The highest BCUT2D eigenvalue weighted by atomic mass is 35.5. The number of anilines is 1. The number of hydrogen-bond donors (Lipinski definition) is 1. The smallest absolute Gasteiger partial charge is 0.261 e. The van der Waals surface area contributed by atoms with Crippen molar-refractivity contribution in [1.29, 1.82) is 0 Å². The fourth-order valence-electron chi connectivity index (χ4n) is 1.52. The van der Waals surface area contributed by atoms with E-state index in [0.717, 1.165) is 0 Å². The quantitative estimate of drug-likeness (QED) is 0.883. The molecule has 0 saturated heterocycles. The van der Waals surface area contributed by atoms with Crippen molar-refractivity contribution >= 4 is 27.3 Å². The second kappa shape index (κ2) is 5.35. The molecular formula is C14H10ClNO2S. The van der Waals surface area contributed by atoms with Gasteiger partial charge in [0.1, 0.15) is 0 Å². The van der Waals surface area contributed by atoms with Gasteiger partial charge in [0, 0.05) is 10.6 Å². The third-order valence-electron chi connectivity index (χ3n) is 2.39. The van der Waals surface area contributed by atoms with Crippen LogP contribution >= 0.6 is 11.6 Å². The molecule has 0 spiro atoms. The molecule has 0 fully saturated rings. The zero-order valence-corrected chi connectivity index (χ0v) is 11.4. The lowest BCUT2D eigenvalue weighted by atomic mass is 10.2. The van der Waals surface area contributed by atoms with Crippen LogP contribution in [0.25, 0.3) is 0 Å². The zero-order chi connectivity index (χ0) is 13.9. The van der Waals surface area contributed by atoms with E-state index in [1.165, 1.54) is 12.1 Å². The van der Waals surface area contributed by atoms with Crippen molar-refractivity contribution in [2.75, 3.05) is 4.72 Å². The summed E-state index contributed by atoms with van der Waals surface area (Å²) in [6.07, 6.45) is 5.27. The lowest BCUT2D eigenvalue weighted by molar-refractivity contribution is 0.601. The number of sulfonamides is 1.